The van der Waals surface area contributed by atoms with Gasteiger partial charge in [-0.05, 0) is 97.6 Å². The molecule has 2 aromatic heterocycles. The third-order valence-corrected chi connectivity index (χ3v) is 8.21. The topological polar surface area (TPSA) is 25.8 Å². The Morgan fingerprint density at radius 3 is 2.27 bits per heavy atom. The fraction of sp³-hybridized carbons (Fsp3) is 0.357. The van der Waals surface area contributed by atoms with Gasteiger partial charge in [0.1, 0.15) is 0 Å². The first-order valence-electron chi connectivity index (χ1n) is 11.5. The Morgan fingerprint density at radius 1 is 0.733 bits per heavy atom. The van der Waals surface area contributed by atoms with Crippen molar-refractivity contribution in [3.05, 3.63) is 72.4 Å². The van der Waals surface area contributed by atoms with Crippen LogP contribution in [0, 0.1) is 17.8 Å². The third-order valence-electron chi connectivity index (χ3n) is 8.21. The van der Waals surface area contributed by atoms with E-state index in [1.54, 1.807) is 0 Å². The summed E-state index contributed by atoms with van der Waals surface area (Å²) >= 11 is 0. The second kappa shape index (κ2) is 6.14. The van der Waals surface area contributed by atoms with E-state index in [4.69, 9.17) is 9.97 Å². The van der Waals surface area contributed by atoms with Crippen LogP contribution < -0.4 is 0 Å². The molecule has 0 N–H and O–H groups in total. The Bertz CT molecular complexity index is 1250. The minimum Gasteiger partial charge on any atom is -0.256 e. The van der Waals surface area contributed by atoms with Crippen molar-refractivity contribution in [2.75, 3.05) is 0 Å². The van der Waals surface area contributed by atoms with E-state index in [9.17, 15) is 0 Å². The van der Waals surface area contributed by atoms with Gasteiger partial charge in [-0.2, -0.15) is 0 Å². The summed E-state index contributed by atoms with van der Waals surface area (Å²) < 4.78 is 0. The first-order valence-corrected chi connectivity index (χ1v) is 11.5. The number of para-hydroxylation sites is 1. The average Bonchev–Trinajstić information content (AvgIpc) is 2.77. The Morgan fingerprint density at radius 2 is 1.47 bits per heavy atom. The van der Waals surface area contributed by atoms with E-state index in [0.717, 1.165) is 29.0 Å². The number of benzene rings is 2. The van der Waals surface area contributed by atoms with Crippen LogP contribution >= 0.6 is 0 Å². The van der Waals surface area contributed by atoms with Gasteiger partial charge in [-0.15, -0.1) is 0 Å². The number of hydrogen-bond acceptors (Lipinski definition) is 2. The maximum absolute atomic E-state index is 5.02. The largest absolute Gasteiger partial charge is 0.256 e. The lowest BCUT2D eigenvalue weighted by Crippen LogP contribution is -2.48. The molecule has 4 fully saturated rings. The zero-order valence-electron chi connectivity index (χ0n) is 17.2. The van der Waals surface area contributed by atoms with Crippen LogP contribution in [-0.4, -0.2) is 9.97 Å². The lowest BCUT2D eigenvalue weighted by molar-refractivity contribution is -0.00455. The first kappa shape index (κ1) is 17.0. The van der Waals surface area contributed by atoms with Crippen LogP contribution in [0.5, 0.6) is 0 Å². The van der Waals surface area contributed by atoms with Crippen LogP contribution in [0.4, 0.5) is 0 Å². The maximum atomic E-state index is 5.02. The van der Waals surface area contributed by atoms with Crippen molar-refractivity contribution in [2.45, 2.75) is 43.9 Å². The number of nitrogens with zero attached hydrogens (tertiary/aromatic N) is 2. The number of pyridine rings is 2. The van der Waals surface area contributed by atoms with E-state index in [-0.39, 0.29) is 0 Å². The van der Waals surface area contributed by atoms with Gasteiger partial charge in [0.05, 0.1) is 16.7 Å². The Kier molecular flexibility index (Phi) is 3.48. The monoisotopic (exact) mass is 390 g/mol. The first-order chi connectivity index (χ1) is 14.8. The highest BCUT2D eigenvalue weighted by molar-refractivity contribution is 5.89. The van der Waals surface area contributed by atoms with Crippen LogP contribution in [-0.2, 0) is 5.41 Å². The average molecular weight is 391 g/mol. The summed E-state index contributed by atoms with van der Waals surface area (Å²) in [4.78, 5) is 9.92. The molecule has 2 nitrogen and oxygen atoms in total. The van der Waals surface area contributed by atoms with Gasteiger partial charge in [0.25, 0.3) is 0 Å². The lowest BCUT2D eigenvalue weighted by atomic mass is 9.48. The Balaban J connectivity index is 1.44. The van der Waals surface area contributed by atoms with Gasteiger partial charge < -0.3 is 0 Å². The lowest BCUT2D eigenvalue weighted by Gasteiger charge is -2.57. The molecular formula is C28H26N2. The number of fused-ring (bicyclic) bond motifs is 2. The van der Waals surface area contributed by atoms with Crippen molar-refractivity contribution < 1.29 is 0 Å². The van der Waals surface area contributed by atoms with Gasteiger partial charge in [-0.3, -0.25) is 4.98 Å². The molecule has 0 atom stereocenters. The zero-order valence-corrected chi connectivity index (χ0v) is 17.2. The highest BCUT2D eigenvalue weighted by atomic mass is 14.7. The van der Waals surface area contributed by atoms with Crippen molar-refractivity contribution >= 4 is 21.8 Å². The minimum absolute atomic E-state index is 0.328. The summed E-state index contributed by atoms with van der Waals surface area (Å²) in [5.41, 5.74) is 6.44. The fourth-order valence-corrected chi connectivity index (χ4v) is 7.41. The van der Waals surface area contributed by atoms with Crippen molar-refractivity contribution in [3.63, 3.8) is 0 Å². The predicted molar refractivity (Wildman–Crippen MR) is 122 cm³/mol. The number of hydrogen-bond donors (Lipinski definition) is 0. The van der Waals surface area contributed by atoms with Crippen LogP contribution in [0.15, 0.2) is 66.9 Å². The molecule has 4 saturated carbocycles. The molecule has 0 saturated heterocycles. The van der Waals surface area contributed by atoms with Crippen molar-refractivity contribution in [2.24, 2.45) is 17.8 Å². The van der Waals surface area contributed by atoms with Crippen molar-refractivity contribution in [3.8, 4) is 11.3 Å². The van der Waals surface area contributed by atoms with E-state index >= 15 is 0 Å². The van der Waals surface area contributed by atoms with Gasteiger partial charge >= 0.3 is 0 Å². The molecule has 4 aliphatic carbocycles. The maximum Gasteiger partial charge on any atom is 0.0740 e. The summed E-state index contributed by atoms with van der Waals surface area (Å²) in [7, 11) is 0. The van der Waals surface area contributed by atoms with Gasteiger partial charge in [-0.1, -0.05) is 30.3 Å². The van der Waals surface area contributed by atoms with Gasteiger partial charge in [-0.25, -0.2) is 4.98 Å². The zero-order chi connectivity index (χ0) is 19.7. The van der Waals surface area contributed by atoms with Crippen LogP contribution in [0.1, 0.15) is 44.1 Å². The molecule has 2 heteroatoms. The molecule has 4 bridgehead atoms. The molecule has 2 aromatic carbocycles. The molecule has 2 heterocycles. The standard InChI is InChI=1S/C28H26N2/c1-2-6-25-21(4-1)7-8-26(30-25)23-13-22-5-3-9-29-27(22)24(14-23)28-15-18-10-19(16-28)12-20(11-18)17-28/h1-9,13-14,18-20H,10-12,15-17H2. The van der Waals surface area contributed by atoms with E-state index < -0.39 is 0 Å². The van der Waals surface area contributed by atoms with Crippen LogP contribution in [0.25, 0.3) is 33.1 Å². The summed E-state index contributed by atoms with van der Waals surface area (Å²) in [5, 5.41) is 2.46. The molecule has 0 spiro atoms. The normalized spacial score (nSPS) is 29.7. The van der Waals surface area contributed by atoms with E-state index in [1.165, 1.54) is 65.9 Å². The molecule has 8 rings (SSSR count). The summed E-state index contributed by atoms with van der Waals surface area (Å²) in [6, 6.07) is 21.8. The van der Waals surface area contributed by atoms with Crippen LogP contribution in [0.3, 0.4) is 0 Å². The molecule has 0 unspecified atom stereocenters. The van der Waals surface area contributed by atoms with E-state index in [2.05, 4.69) is 60.7 Å². The molecule has 0 aliphatic heterocycles. The molecule has 30 heavy (non-hydrogen) atoms. The molecule has 0 amide bonds. The Labute approximate surface area is 177 Å². The predicted octanol–water partition coefficient (Wildman–Crippen LogP) is 6.92. The molecular weight excluding hydrogens is 364 g/mol. The van der Waals surface area contributed by atoms with Gasteiger partial charge in [0, 0.05) is 22.5 Å². The second-order valence-electron chi connectivity index (χ2n) is 10.2. The Hall–Kier alpha value is -2.74. The van der Waals surface area contributed by atoms with Crippen molar-refractivity contribution in [1.29, 1.82) is 0 Å². The van der Waals surface area contributed by atoms with Crippen molar-refractivity contribution in [1.82, 2.24) is 9.97 Å². The molecule has 0 radical (unpaired) electrons. The second-order valence-corrected chi connectivity index (χ2v) is 10.2. The molecule has 148 valence electrons. The SMILES string of the molecule is c1ccc2nc(-c3cc(C45CC6CC(CC(C6)C4)C5)c4ncccc4c3)ccc2c1. The highest BCUT2D eigenvalue weighted by Crippen LogP contribution is 2.61. The molecule has 4 aromatic rings. The van der Waals surface area contributed by atoms with Gasteiger partial charge in [0.2, 0.25) is 0 Å². The molecule has 4 aliphatic rings. The van der Waals surface area contributed by atoms with Gasteiger partial charge in [0.15, 0.2) is 0 Å². The number of aromatic nitrogens is 2. The van der Waals surface area contributed by atoms with Crippen LogP contribution in [0.2, 0.25) is 0 Å². The number of rotatable bonds is 2. The summed E-state index contributed by atoms with van der Waals surface area (Å²) in [6.07, 6.45) is 10.5. The van der Waals surface area contributed by atoms with E-state index in [0.29, 0.717) is 5.41 Å². The van der Waals surface area contributed by atoms with E-state index in [1.807, 2.05) is 6.20 Å². The minimum atomic E-state index is 0.328. The smallest absolute Gasteiger partial charge is 0.0740 e. The third kappa shape index (κ3) is 2.49. The summed E-state index contributed by atoms with van der Waals surface area (Å²) in [5.74, 6) is 2.78. The highest BCUT2D eigenvalue weighted by Gasteiger charge is 2.52. The summed E-state index contributed by atoms with van der Waals surface area (Å²) in [6.45, 7) is 0. The fourth-order valence-electron chi connectivity index (χ4n) is 7.41. The quantitative estimate of drug-likeness (QED) is 0.371.